The molecule has 1 unspecified atom stereocenters. The molecule has 8 heteroatoms. The largest absolute Gasteiger partial charge is 0.507 e. The molecule has 2 aromatic rings. The molecule has 1 saturated heterocycles. The third-order valence-electron chi connectivity index (χ3n) is 5.61. The fourth-order valence-electron chi connectivity index (χ4n) is 3.96. The average Bonchev–Trinajstić information content (AvgIpc) is 3.07. The Morgan fingerprint density at radius 3 is 2.36 bits per heavy atom. The van der Waals surface area contributed by atoms with Gasteiger partial charge in [-0.25, -0.2) is 0 Å². The molecule has 0 saturated carbocycles. The van der Waals surface area contributed by atoms with Gasteiger partial charge in [0.05, 0.1) is 32.9 Å². The van der Waals surface area contributed by atoms with Gasteiger partial charge in [-0.3, -0.25) is 9.59 Å². The zero-order valence-electron chi connectivity index (χ0n) is 19.6. The molecular formula is C25H30N2O6. The zero-order chi connectivity index (χ0) is 24.1. The number of aliphatic hydroxyl groups excluding tert-OH is 1. The Kier molecular flexibility index (Phi) is 7.60. The maximum absolute atomic E-state index is 13.1. The van der Waals surface area contributed by atoms with E-state index in [0.717, 1.165) is 6.54 Å². The molecule has 2 aromatic carbocycles. The van der Waals surface area contributed by atoms with Crippen molar-refractivity contribution >= 4 is 17.4 Å². The Hall–Kier alpha value is -3.52. The van der Waals surface area contributed by atoms with Gasteiger partial charge in [0.2, 0.25) is 0 Å². The van der Waals surface area contributed by atoms with Crippen LogP contribution in [0.15, 0.2) is 48.0 Å². The molecule has 33 heavy (non-hydrogen) atoms. The molecule has 8 nitrogen and oxygen atoms in total. The van der Waals surface area contributed by atoms with Crippen molar-refractivity contribution in [3.8, 4) is 17.2 Å². The Labute approximate surface area is 194 Å². The molecule has 0 spiro atoms. The van der Waals surface area contributed by atoms with Crippen LogP contribution in [0.4, 0.5) is 0 Å². The first-order valence-corrected chi connectivity index (χ1v) is 10.6. The Morgan fingerprint density at radius 1 is 1.00 bits per heavy atom. The van der Waals surface area contributed by atoms with Crippen LogP contribution < -0.4 is 14.2 Å². The number of hydrogen-bond donors (Lipinski definition) is 1. The minimum atomic E-state index is -0.766. The summed E-state index contributed by atoms with van der Waals surface area (Å²) in [6, 6.07) is 11.2. The number of rotatable bonds is 9. The summed E-state index contributed by atoms with van der Waals surface area (Å²) in [6.45, 7) is 1.11. The molecule has 1 atom stereocenters. The lowest BCUT2D eigenvalue weighted by atomic mass is 9.95. The molecule has 0 aliphatic carbocycles. The summed E-state index contributed by atoms with van der Waals surface area (Å²) in [6.07, 6.45) is 0.670. The molecule has 0 aromatic heterocycles. The fraction of sp³-hybridized carbons (Fsp3) is 0.360. The van der Waals surface area contributed by atoms with Crippen LogP contribution >= 0.6 is 0 Å². The Morgan fingerprint density at radius 2 is 1.73 bits per heavy atom. The highest BCUT2D eigenvalue weighted by Crippen LogP contribution is 2.42. The van der Waals surface area contributed by atoms with Gasteiger partial charge in [-0.15, -0.1) is 0 Å². The SMILES string of the molecule is COc1cccc(/C(O)=C2\C(=O)C(=O)N(CCCN(C)C)C2c2ccc(OC)c(OC)c2)c1. The number of ketones is 1. The molecule has 3 rings (SSSR count). The van der Waals surface area contributed by atoms with E-state index in [-0.39, 0.29) is 11.3 Å². The van der Waals surface area contributed by atoms with Crippen molar-refractivity contribution in [2.24, 2.45) is 0 Å². The first-order chi connectivity index (χ1) is 15.8. The average molecular weight is 455 g/mol. The maximum Gasteiger partial charge on any atom is 0.295 e. The predicted octanol–water partition coefficient (Wildman–Crippen LogP) is 3.09. The third kappa shape index (κ3) is 4.96. The molecule has 0 radical (unpaired) electrons. The number of likely N-dealkylation sites (tertiary alicyclic amines) is 1. The Bertz CT molecular complexity index is 1060. The van der Waals surface area contributed by atoms with Crippen LogP contribution in [0.2, 0.25) is 0 Å². The van der Waals surface area contributed by atoms with Crippen molar-refractivity contribution in [2.45, 2.75) is 12.5 Å². The van der Waals surface area contributed by atoms with Crippen LogP contribution in [0.3, 0.4) is 0 Å². The van der Waals surface area contributed by atoms with Crippen molar-refractivity contribution in [1.82, 2.24) is 9.80 Å². The van der Waals surface area contributed by atoms with E-state index in [9.17, 15) is 14.7 Å². The third-order valence-corrected chi connectivity index (χ3v) is 5.61. The quantitative estimate of drug-likeness (QED) is 0.354. The lowest BCUT2D eigenvalue weighted by molar-refractivity contribution is -0.139. The van der Waals surface area contributed by atoms with E-state index in [2.05, 4.69) is 0 Å². The Balaban J connectivity index is 2.15. The number of ether oxygens (including phenoxy) is 3. The topological polar surface area (TPSA) is 88.5 Å². The number of aliphatic hydroxyl groups is 1. The van der Waals surface area contributed by atoms with E-state index in [4.69, 9.17) is 14.2 Å². The predicted molar refractivity (Wildman–Crippen MR) is 125 cm³/mol. The number of hydrogen-bond acceptors (Lipinski definition) is 7. The fourth-order valence-corrected chi connectivity index (χ4v) is 3.96. The number of carbonyl (C=O) groups excluding carboxylic acids is 2. The summed E-state index contributed by atoms with van der Waals surface area (Å²) in [5, 5.41) is 11.2. The van der Waals surface area contributed by atoms with Gasteiger partial charge < -0.3 is 29.1 Å². The first kappa shape index (κ1) is 24.1. The second-order valence-corrected chi connectivity index (χ2v) is 8.00. The van der Waals surface area contributed by atoms with Crippen LogP contribution in [-0.2, 0) is 9.59 Å². The minimum absolute atomic E-state index is 0.0327. The lowest BCUT2D eigenvalue weighted by Crippen LogP contribution is -2.32. The number of nitrogens with zero attached hydrogens (tertiary/aromatic N) is 2. The molecule has 1 aliphatic heterocycles. The van der Waals surface area contributed by atoms with E-state index < -0.39 is 17.7 Å². The van der Waals surface area contributed by atoms with Gasteiger partial charge in [0.1, 0.15) is 11.5 Å². The summed E-state index contributed by atoms with van der Waals surface area (Å²) >= 11 is 0. The number of amides is 1. The van der Waals surface area contributed by atoms with Crippen molar-refractivity contribution in [1.29, 1.82) is 0 Å². The molecule has 1 fully saturated rings. The summed E-state index contributed by atoms with van der Waals surface area (Å²) < 4.78 is 16.0. The van der Waals surface area contributed by atoms with Gasteiger partial charge in [0.15, 0.2) is 11.5 Å². The van der Waals surface area contributed by atoms with E-state index in [0.29, 0.717) is 41.3 Å². The zero-order valence-corrected chi connectivity index (χ0v) is 19.6. The van der Waals surface area contributed by atoms with Crippen LogP contribution in [-0.4, -0.2) is 75.1 Å². The summed E-state index contributed by atoms with van der Waals surface area (Å²) in [4.78, 5) is 29.7. The highest BCUT2D eigenvalue weighted by Gasteiger charge is 2.46. The monoisotopic (exact) mass is 454 g/mol. The number of Topliss-reactive ketones (excluding diaryl/α,β-unsaturated/α-hetero) is 1. The lowest BCUT2D eigenvalue weighted by Gasteiger charge is -2.26. The minimum Gasteiger partial charge on any atom is -0.507 e. The summed E-state index contributed by atoms with van der Waals surface area (Å²) in [5.74, 6) is -0.0871. The van der Waals surface area contributed by atoms with Crippen molar-refractivity contribution in [2.75, 3.05) is 48.5 Å². The van der Waals surface area contributed by atoms with E-state index in [1.54, 1.807) is 42.5 Å². The standard InChI is InChI=1S/C25H30N2O6/c1-26(2)12-7-13-27-22(16-10-11-19(32-4)20(15-16)33-5)21(24(29)25(27)30)23(28)17-8-6-9-18(14-17)31-3/h6,8-11,14-15,22,28H,7,12-13H2,1-5H3/b23-21+. The normalized spacial score (nSPS) is 17.5. The van der Waals surface area contributed by atoms with Gasteiger partial charge in [-0.2, -0.15) is 0 Å². The second kappa shape index (κ2) is 10.4. The van der Waals surface area contributed by atoms with Crippen LogP contribution in [0.1, 0.15) is 23.6 Å². The van der Waals surface area contributed by atoms with E-state index in [1.807, 2.05) is 19.0 Å². The highest BCUT2D eigenvalue weighted by molar-refractivity contribution is 6.46. The molecule has 176 valence electrons. The van der Waals surface area contributed by atoms with Crippen molar-refractivity contribution < 1.29 is 28.9 Å². The molecular weight excluding hydrogens is 424 g/mol. The summed E-state index contributed by atoms with van der Waals surface area (Å²) in [5.41, 5.74) is 1.07. The van der Waals surface area contributed by atoms with E-state index >= 15 is 0 Å². The number of methoxy groups -OCH3 is 3. The molecule has 1 amide bonds. The second-order valence-electron chi connectivity index (χ2n) is 8.00. The van der Waals surface area contributed by atoms with Crippen molar-refractivity contribution in [3.05, 3.63) is 59.2 Å². The first-order valence-electron chi connectivity index (χ1n) is 10.6. The smallest absolute Gasteiger partial charge is 0.295 e. The maximum atomic E-state index is 13.1. The van der Waals surface area contributed by atoms with Gasteiger partial charge in [-0.1, -0.05) is 18.2 Å². The molecule has 1 N–H and O–H groups in total. The number of carbonyl (C=O) groups is 2. The molecule has 0 bridgehead atoms. The van der Waals surface area contributed by atoms with Gasteiger partial charge in [0.25, 0.3) is 11.7 Å². The van der Waals surface area contributed by atoms with Crippen molar-refractivity contribution in [3.63, 3.8) is 0 Å². The van der Waals surface area contributed by atoms with Gasteiger partial charge in [0, 0.05) is 12.1 Å². The van der Waals surface area contributed by atoms with Crippen LogP contribution in [0, 0.1) is 0 Å². The molecule has 1 aliphatic rings. The molecule has 1 heterocycles. The summed E-state index contributed by atoms with van der Waals surface area (Å²) in [7, 11) is 8.47. The van der Waals surface area contributed by atoms with E-state index in [1.165, 1.54) is 26.2 Å². The van der Waals surface area contributed by atoms with Gasteiger partial charge >= 0.3 is 0 Å². The highest BCUT2D eigenvalue weighted by atomic mass is 16.5. The number of benzene rings is 2. The van der Waals surface area contributed by atoms with Crippen LogP contribution in [0.5, 0.6) is 17.2 Å². The van der Waals surface area contributed by atoms with Crippen LogP contribution in [0.25, 0.3) is 5.76 Å². The van der Waals surface area contributed by atoms with Gasteiger partial charge in [-0.05, 0) is 56.9 Å².